The van der Waals surface area contributed by atoms with Gasteiger partial charge in [-0.1, -0.05) is 48.0 Å². The van der Waals surface area contributed by atoms with Gasteiger partial charge in [0.2, 0.25) is 0 Å². The summed E-state index contributed by atoms with van der Waals surface area (Å²) in [5, 5.41) is 4.16. The van der Waals surface area contributed by atoms with Crippen LogP contribution in [0.5, 0.6) is 0 Å². The van der Waals surface area contributed by atoms with Crippen molar-refractivity contribution in [1.29, 1.82) is 0 Å². The van der Waals surface area contributed by atoms with Crippen molar-refractivity contribution < 1.29 is 19.2 Å². The number of oxime groups is 1. The van der Waals surface area contributed by atoms with E-state index in [0.717, 1.165) is 16.7 Å². The lowest BCUT2D eigenvalue weighted by Crippen LogP contribution is -2.26. The fraction of sp³-hybridized carbons (Fsp3) is 0.370. The monoisotopic (exact) mass is 433 g/mol. The van der Waals surface area contributed by atoms with Crippen molar-refractivity contribution in [1.82, 2.24) is 0 Å². The van der Waals surface area contributed by atoms with Crippen molar-refractivity contribution >= 4 is 17.5 Å². The first kappa shape index (κ1) is 23.5. The molecular formula is C27H31NO4. The number of allylic oxidation sites excluding steroid dienone is 2. The van der Waals surface area contributed by atoms with Crippen molar-refractivity contribution in [2.75, 3.05) is 6.61 Å². The zero-order valence-electron chi connectivity index (χ0n) is 19.5. The number of aryl methyl sites for hydroxylation is 3. The number of hydrogen-bond acceptors (Lipinski definition) is 5. The summed E-state index contributed by atoms with van der Waals surface area (Å²) in [4.78, 5) is 31.5. The third-order valence-electron chi connectivity index (χ3n) is 5.72. The SMILES string of the molecule is CCO/N=C(/CC)C1=C(OC(=O)c2ccccc2)CC(c2c(C)cc(C)cc2C)CC1=O. The van der Waals surface area contributed by atoms with Crippen molar-refractivity contribution in [2.45, 2.75) is 59.8 Å². The van der Waals surface area contributed by atoms with E-state index >= 15 is 0 Å². The van der Waals surface area contributed by atoms with Gasteiger partial charge in [0.15, 0.2) is 5.78 Å². The molecule has 0 spiro atoms. The molecule has 1 atom stereocenters. The van der Waals surface area contributed by atoms with Crippen LogP contribution in [0, 0.1) is 20.8 Å². The molecule has 2 aromatic carbocycles. The van der Waals surface area contributed by atoms with Crippen molar-refractivity contribution in [3.8, 4) is 0 Å². The highest BCUT2D eigenvalue weighted by Gasteiger charge is 2.34. The fourth-order valence-electron chi connectivity index (χ4n) is 4.51. The lowest BCUT2D eigenvalue weighted by atomic mass is 9.78. The minimum atomic E-state index is -0.476. The van der Waals surface area contributed by atoms with Crippen molar-refractivity contribution in [3.63, 3.8) is 0 Å². The van der Waals surface area contributed by atoms with Crippen LogP contribution >= 0.6 is 0 Å². The van der Waals surface area contributed by atoms with Crippen LogP contribution in [0.15, 0.2) is 59.0 Å². The number of Topliss-reactive ketones (excluding diaryl/α,β-unsaturated/α-hetero) is 1. The smallest absolute Gasteiger partial charge is 0.343 e. The van der Waals surface area contributed by atoms with Gasteiger partial charge in [-0.05, 0) is 68.9 Å². The molecule has 1 aliphatic rings. The number of carbonyl (C=O) groups excluding carboxylic acids is 2. The Labute approximate surface area is 190 Å². The molecule has 0 N–H and O–H groups in total. The lowest BCUT2D eigenvalue weighted by molar-refractivity contribution is -0.116. The van der Waals surface area contributed by atoms with Crippen LogP contribution in [0.3, 0.4) is 0 Å². The van der Waals surface area contributed by atoms with E-state index in [2.05, 4.69) is 38.1 Å². The Kier molecular flexibility index (Phi) is 7.62. The van der Waals surface area contributed by atoms with Crippen LogP contribution in [-0.2, 0) is 14.4 Å². The van der Waals surface area contributed by atoms with Crippen molar-refractivity contribution in [3.05, 3.63) is 81.6 Å². The first-order valence-electron chi connectivity index (χ1n) is 11.2. The molecule has 0 heterocycles. The van der Waals surface area contributed by atoms with Crippen LogP contribution in [0.4, 0.5) is 0 Å². The molecule has 0 fully saturated rings. The molecule has 168 valence electrons. The van der Waals surface area contributed by atoms with Crippen molar-refractivity contribution in [2.24, 2.45) is 5.16 Å². The second-order valence-electron chi connectivity index (χ2n) is 8.20. The topological polar surface area (TPSA) is 65.0 Å². The molecule has 5 heteroatoms. The molecule has 0 saturated carbocycles. The standard InChI is InChI=1S/C27H31NO4/c1-6-22(28-31-7-2)26-23(29)15-21(25-18(4)13-17(3)14-19(25)5)16-24(26)32-27(30)20-11-9-8-10-12-20/h8-14,21H,6-7,15-16H2,1-5H3/b28-22-. The largest absolute Gasteiger partial charge is 0.427 e. The molecule has 0 bridgehead atoms. The van der Waals surface area contributed by atoms with E-state index in [0.29, 0.717) is 48.5 Å². The lowest BCUT2D eigenvalue weighted by Gasteiger charge is -2.28. The zero-order valence-corrected chi connectivity index (χ0v) is 19.5. The van der Waals surface area contributed by atoms with Crippen LogP contribution in [0.1, 0.15) is 71.6 Å². The van der Waals surface area contributed by atoms with E-state index < -0.39 is 5.97 Å². The quantitative estimate of drug-likeness (QED) is 0.306. The van der Waals surface area contributed by atoms with E-state index in [1.54, 1.807) is 24.3 Å². The molecule has 2 aromatic rings. The average molecular weight is 434 g/mol. The van der Waals surface area contributed by atoms with E-state index in [9.17, 15) is 9.59 Å². The Morgan fingerprint density at radius 1 is 1.03 bits per heavy atom. The number of ether oxygens (including phenoxy) is 1. The Bertz CT molecular complexity index is 1040. The Morgan fingerprint density at radius 2 is 1.69 bits per heavy atom. The molecule has 32 heavy (non-hydrogen) atoms. The predicted octanol–water partition coefficient (Wildman–Crippen LogP) is 5.97. The normalized spacial score (nSPS) is 16.8. The number of hydrogen-bond donors (Lipinski definition) is 0. The maximum absolute atomic E-state index is 13.4. The Hall–Kier alpha value is -3.21. The van der Waals surface area contributed by atoms with Gasteiger partial charge in [0.1, 0.15) is 12.4 Å². The first-order valence-corrected chi connectivity index (χ1v) is 11.2. The fourth-order valence-corrected chi connectivity index (χ4v) is 4.51. The highest BCUT2D eigenvalue weighted by molar-refractivity contribution is 6.23. The van der Waals surface area contributed by atoms with Gasteiger partial charge in [-0.2, -0.15) is 0 Å². The van der Waals surface area contributed by atoms with Gasteiger partial charge < -0.3 is 9.57 Å². The molecule has 3 rings (SSSR count). The first-order chi connectivity index (χ1) is 15.3. The van der Waals surface area contributed by atoms with Gasteiger partial charge in [-0.3, -0.25) is 4.79 Å². The maximum atomic E-state index is 13.4. The van der Waals surface area contributed by atoms with Crippen LogP contribution in [-0.4, -0.2) is 24.1 Å². The summed E-state index contributed by atoms with van der Waals surface area (Å²) in [6, 6.07) is 13.1. The van der Waals surface area contributed by atoms with Gasteiger partial charge >= 0.3 is 5.97 Å². The van der Waals surface area contributed by atoms with Crippen LogP contribution in [0.25, 0.3) is 0 Å². The number of benzene rings is 2. The number of ketones is 1. The molecule has 5 nitrogen and oxygen atoms in total. The van der Waals surface area contributed by atoms with E-state index in [1.165, 1.54) is 5.56 Å². The molecule has 1 unspecified atom stereocenters. The van der Waals surface area contributed by atoms with E-state index in [-0.39, 0.29) is 11.7 Å². The third kappa shape index (κ3) is 5.16. The van der Waals surface area contributed by atoms with Crippen LogP contribution in [0.2, 0.25) is 0 Å². The van der Waals surface area contributed by atoms with Gasteiger partial charge in [0, 0.05) is 12.8 Å². The Morgan fingerprint density at radius 3 is 2.28 bits per heavy atom. The summed E-state index contributed by atoms with van der Waals surface area (Å²) >= 11 is 0. The summed E-state index contributed by atoms with van der Waals surface area (Å²) in [6.07, 6.45) is 1.30. The second-order valence-corrected chi connectivity index (χ2v) is 8.20. The minimum Gasteiger partial charge on any atom is -0.427 e. The number of carbonyl (C=O) groups is 2. The molecule has 0 amide bonds. The van der Waals surface area contributed by atoms with Gasteiger partial charge in [0.05, 0.1) is 16.8 Å². The molecule has 1 aliphatic carbocycles. The predicted molar refractivity (Wildman–Crippen MR) is 126 cm³/mol. The summed E-state index contributed by atoms with van der Waals surface area (Å²) < 4.78 is 5.86. The molecule has 0 saturated heterocycles. The molecule has 0 aromatic heterocycles. The summed E-state index contributed by atoms with van der Waals surface area (Å²) in [6.45, 7) is 10.4. The average Bonchev–Trinajstić information content (AvgIpc) is 2.75. The molecule has 0 radical (unpaired) electrons. The highest BCUT2D eigenvalue weighted by atomic mass is 16.6. The zero-order chi connectivity index (χ0) is 23.3. The number of esters is 1. The van der Waals surface area contributed by atoms with E-state index in [4.69, 9.17) is 9.57 Å². The number of rotatable bonds is 7. The molecule has 0 aliphatic heterocycles. The summed E-state index contributed by atoms with van der Waals surface area (Å²) in [5.74, 6) is -0.233. The third-order valence-corrected chi connectivity index (χ3v) is 5.72. The minimum absolute atomic E-state index is 0.0596. The summed E-state index contributed by atoms with van der Waals surface area (Å²) in [7, 11) is 0. The maximum Gasteiger partial charge on any atom is 0.343 e. The Balaban J connectivity index is 2.06. The van der Waals surface area contributed by atoms with Gasteiger partial charge in [0.25, 0.3) is 0 Å². The van der Waals surface area contributed by atoms with Gasteiger partial charge in [-0.25, -0.2) is 4.79 Å². The van der Waals surface area contributed by atoms with Crippen LogP contribution < -0.4 is 0 Å². The summed E-state index contributed by atoms with van der Waals surface area (Å²) in [5.41, 5.74) is 5.97. The number of nitrogens with zero attached hydrogens (tertiary/aromatic N) is 1. The second kappa shape index (κ2) is 10.4. The van der Waals surface area contributed by atoms with Gasteiger partial charge in [-0.15, -0.1) is 0 Å². The van der Waals surface area contributed by atoms with E-state index in [1.807, 2.05) is 19.9 Å². The highest BCUT2D eigenvalue weighted by Crippen LogP contribution is 2.39. The molecular weight excluding hydrogens is 402 g/mol.